The third-order valence-electron chi connectivity index (χ3n) is 1.72. The molecule has 3 heteroatoms. The first-order valence-electron chi connectivity index (χ1n) is 4.33. The predicted octanol–water partition coefficient (Wildman–Crippen LogP) is 3.27. The van der Waals surface area contributed by atoms with Crippen LogP contribution in [-0.2, 0) is 0 Å². The minimum absolute atomic E-state index is 0.380. The summed E-state index contributed by atoms with van der Waals surface area (Å²) in [5.41, 5.74) is -0.459. The lowest BCUT2D eigenvalue weighted by molar-refractivity contribution is 0.227. The fourth-order valence-corrected chi connectivity index (χ4v) is 0.953. The molecule has 0 aliphatic carbocycles. The molecule has 0 unspecified atom stereocenters. The van der Waals surface area contributed by atoms with Crippen molar-refractivity contribution in [2.45, 2.75) is 13.8 Å². The molecular formula is C11H12ClNO. The van der Waals surface area contributed by atoms with Gasteiger partial charge in [-0.1, -0.05) is 11.6 Å². The largest absolute Gasteiger partial charge is 0.492 e. The van der Waals surface area contributed by atoms with Gasteiger partial charge < -0.3 is 4.74 Å². The van der Waals surface area contributed by atoms with Crippen LogP contribution in [0.25, 0.3) is 0 Å². The van der Waals surface area contributed by atoms with Crippen molar-refractivity contribution >= 4 is 11.6 Å². The number of hydrogen-bond donors (Lipinski definition) is 0. The summed E-state index contributed by atoms with van der Waals surface area (Å²) in [5.74, 6) is 0.734. The van der Waals surface area contributed by atoms with E-state index in [9.17, 15) is 0 Å². The summed E-state index contributed by atoms with van der Waals surface area (Å²) in [6.45, 7) is 4.05. The van der Waals surface area contributed by atoms with E-state index in [4.69, 9.17) is 21.6 Å². The van der Waals surface area contributed by atoms with Crippen LogP contribution >= 0.6 is 11.6 Å². The average molecular weight is 210 g/mol. The maximum absolute atomic E-state index is 8.77. The molecule has 0 amide bonds. The number of benzene rings is 1. The van der Waals surface area contributed by atoms with Crippen LogP contribution in [0.2, 0.25) is 5.02 Å². The molecule has 0 atom stereocenters. The van der Waals surface area contributed by atoms with Crippen LogP contribution < -0.4 is 4.74 Å². The molecule has 0 fully saturated rings. The van der Waals surface area contributed by atoms with E-state index in [-0.39, 0.29) is 0 Å². The standard InChI is InChI=1S/C11H12ClNO/c1-11(2,7-13)8-14-10-5-3-9(12)4-6-10/h3-6H,8H2,1-2H3. The van der Waals surface area contributed by atoms with Crippen LogP contribution in [0, 0.1) is 16.7 Å². The number of ether oxygens (including phenoxy) is 1. The van der Waals surface area contributed by atoms with Gasteiger partial charge in [-0.15, -0.1) is 0 Å². The molecule has 1 aromatic carbocycles. The van der Waals surface area contributed by atoms with E-state index in [0.717, 1.165) is 5.75 Å². The Kier molecular flexibility index (Phi) is 3.38. The van der Waals surface area contributed by atoms with Crippen molar-refractivity contribution in [3.05, 3.63) is 29.3 Å². The van der Waals surface area contributed by atoms with Gasteiger partial charge in [-0.3, -0.25) is 0 Å². The highest BCUT2D eigenvalue weighted by Gasteiger charge is 2.17. The van der Waals surface area contributed by atoms with Crippen molar-refractivity contribution in [2.75, 3.05) is 6.61 Å². The zero-order chi connectivity index (χ0) is 10.6. The maximum atomic E-state index is 8.77. The monoisotopic (exact) mass is 209 g/mol. The van der Waals surface area contributed by atoms with E-state index in [1.165, 1.54) is 0 Å². The molecule has 2 nitrogen and oxygen atoms in total. The molecule has 0 saturated carbocycles. The Morgan fingerprint density at radius 1 is 1.36 bits per heavy atom. The highest BCUT2D eigenvalue weighted by atomic mass is 35.5. The van der Waals surface area contributed by atoms with Crippen LogP contribution in [0.15, 0.2) is 24.3 Å². The SMILES string of the molecule is CC(C)(C#N)COc1ccc(Cl)cc1. The molecule has 0 aliphatic rings. The Balaban J connectivity index is 2.55. The number of hydrogen-bond acceptors (Lipinski definition) is 2. The smallest absolute Gasteiger partial charge is 0.119 e. The highest BCUT2D eigenvalue weighted by molar-refractivity contribution is 6.30. The van der Waals surface area contributed by atoms with Gasteiger partial charge in [0.15, 0.2) is 0 Å². The minimum Gasteiger partial charge on any atom is -0.492 e. The molecule has 0 spiro atoms. The molecule has 1 aromatic rings. The first-order chi connectivity index (χ1) is 6.53. The summed E-state index contributed by atoms with van der Waals surface area (Å²) < 4.78 is 5.44. The second-order valence-electron chi connectivity index (χ2n) is 3.74. The molecule has 0 N–H and O–H groups in total. The Labute approximate surface area is 89.1 Å². The van der Waals surface area contributed by atoms with Gasteiger partial charge in [0.05, 0.1) is 11.5 Å². The lowest BCUT2D eigenvalue weighted by atomic mass is 9.98. The van der Waals surface area contributed by atoms with Crippen molar-refractivity contribution in [1.82, 2.24) is 0 Å². The second-order valence-corrected chi connectivity index (χ2v) is 4.17. The lowest BCUT2D eigenvalue weighted by Gasteiger charge is -2.15. The summed E-state index contributed by atoms with van der Waals surface area (Å²) in [5, 5.41) is 9.44. The summed E-state index contributed by atoms with van der Waals surface area (Å²) in [7, 11) is 0. The lowest BCUT2D eigenvalue weighted by Crippen LogP contribution is -2.18. The minimum atomic E-state index is -0.459. The first kappa shape index (κ1) is 10.9. The number of rotatable bonds is 3. The molecular weight excluding hydrogens is 198 g/mol. The van der Waals surface area contributed by atoms with Crippen molar-refractivity contribution < 1.29 is 4.74 Å². The topological polar surface area (TPSA) is 33.0 Å². The van der Waals surface area contributed by atoms with E-state index >= 15 is 0 Å². The van der Waals surface area contributed by atoms with Gasteiger partial charge in [-0.2, -0.15) is 5.26 Å². The summed E-state index contributed by atoms with van der Waals surface area (Å²) in [4.78, 5) is 0. The van der Waals surface area contributed by atoms with Crippen LogP contribution in [0.5, 0.6) is 5.75 Å². The van der Waals surface area contributed by atoms with Crippen LogP contribution in [-0.4, -0.2) is 6.61 Å². The summed E-state index contributed by atoms with van der Waals surface area (Å²) in [6, 6.07) is 9.27. The Hall–Kier alpha value is -1.20. The molecule has 0 aliphatic heterocycles. The predicted molar refractivity (Wildman–Crippen MR) is 56.3 cm³/mol. The molecule has 0 saturated heterocycles. The number of nitrogens with zero attached hydrogens (tertiary/aromatic N) is 1. The third kappa shape index (κ3) is 3.27. The van der Waals surface area contributed by atoms with Crippen molar-refractivity contribution in [3.8, 4) is 11.8 Å². The van der Waals surface area contributed by atoms with E-state index < -0.39 is 5.41 Å². The molecule has 14 heavy (non-hydrogen) atoms. The molecule has 0 bridgehead atoms. The maximum Gasteiger partial charge on any atom is 0.119 e. The third-order valence-corrected chi connectivity index (χ3v) is 1.97. The first-order valence-corrected chi connectivity index (χ1v) is 4.71. The van der Waals surface area contributed by atoms with Gasteiger partial charge >= 0.3 is 0 Å². The summed E-state index contributed by atoms with van der Waals surface area (Å²) in [6.07, 6.45) is 0. The number of halogens is 1. The second kappa shape index (κ2) is 4.34. The van der Waals surface area contributed by atoms with E-state index in [2.05, 4.69) is 6.07 Å². The molecule has 0 aromatic heterocycles. The van der Waals surface area contributed by atoms with Crippen molar-refractivity contribution in [3.63, 3.8) is 0 Å². The van der Waals surface area contributed by atoms with Gasteiger partial charge in [0, 0.05) is 5.02 Å². The molecule has 0 radical (unpaired) electrons. The Morgan fingerprint density at radius 3 is 2.43 bits per heavy atom. The normalized spacial score (nSPS) is 10.7. The summed E-state index contributed by atoms with van der Waals surface area (Å²) >= 11 is 5.72. The zero-order valence-electron chi connectivity index (χ0n) is 8.25. The van der Waals surface area contributed by atoms with Gasteiger partial charge in [-0.05, 0) is 38.1 Å². The number of nitriles is 1. The fourth-order valence-electron chi connectivity index (χ4n) is 0.827. The van der Waals surface area contributed by atoms with Crippen molar-refractivity contribution in [1.29, 1.82) is 5.26 Å². The van der Waals surface area contributed by atoms with Gasteiger partial charge in [0.1, 0.15) is 12.4 Å². The quantitative estimate of drug-likeness (QED) is 0.766. The van der Waals surface area contributed by atoms with Crippen LogP contribution in [0.1, 0.15) is 13.8 Å². The Morgan fingerprint density at radius 2 is 1.93 bits per heavy atom. The zero-order valence-corrected chi connectivity index (χ0v) is 9.01. The van der Waals surface area contributed by atoms with E-state index in [0.29, 0.717) is 11.6 Å². The molecule has 0 heterocycles. The van der Waals surface area contributed by atoms with Gasteiger partial charge in [-0.25, -0.2) is 0 Å². The van der Waals surface area contributed by atoms with Gasteiger partial charge in [0.25, 0.3) is 0 Å². The van der Waals surface area contributed by atoms with Crippen LogP contribution in [0.4, 0.5) is 0 Å². The van der Waals surface area contributed by atoms with E-state index in [1.54, 1.807) is 24.3 Å². The fraction of sp³-hybridized carbons (Fsp3) is 0.364. The molecule has 74 valence electrons. The highest BCUT2D eigenvalue weighted by Crippen LogP contribution is 2.19. The van der Waals surface area contributed by atoms with E-state index in [1.807, 2.05) is 13.8 Å². The average Bonchev–Trinajstić information content (AvgIpc) is 2.17. The Bertz CT molecular complexity index is 337. The molecule has 1 rings (SSSR count). The van der Waals surface area contributed by atoms with Gasteiger partial charge in [0.2, 0.25) is 0 Å². The van der Waals surface area contributed by atoms with Crippen LogP contribution in [0.3, 0.4) is 0 Å². The van der Waals surface area contributed by atoms with Crippen molar-refractivity contribution in [2.24, 2.45) is 5.41 Å².